The van der Waals surface area contributed by atoms with Crippen molar-refractivity contribution in [2.24, 2.45) is 0 Å². The number of hydrogen-bond donors (Lipinski definition) is 0. The van der Waals surface area contributed by atoms with Gasteiger partial charge in [-0.3, -0.25) is 4.79 Å². The standard InChI is InChI=1S/C28H28N2O3/c1-32-26-18-21-17-22(28(31)25(21)19-27(26)33-2)16-20-8-10-24(11-9-20)30-14-12-29(13-15-30)23-6-4-3-5-7-23/h3-11,16,18-19H,12-15,17H2,1-2H3/b22-16-. The molecule has 0 saturated carbocycles. The fourth-order valence-electron chi connectivity index (χ4n) is 4.70. The van der Waals surface area contributed by atoms with Gasteiger partial charge in [-0.15, -0.1) is 0 Å². The summed E-state index contributed by atoms with van der Waals surface area (Å²) < 4.78 is 10.8. The van der Waals surface area contributed by atoms with Gasteiger partial charge < -0.3 is 19.3 Å². The molecule has 1 aliphatic heterocycles. The highest BCUT2D eigenvalue weighted by Gasteiger charge is 2.27. The number of hydrogen-bond acceptors (Lipinski definition) is 5. The van der Waals surface area contributed by atoms with E-state index in [1.54, 1.807) is 20.3 Å². The summed E-state index contributed by atoms with van der Waals surface area (Å²) in [5, 5.41) is 0. The normalized spacial score (nSPS) is 16.8. The van der Waals surface area contributed by atoms with E-state index in [9.17, 15) is 4.79 Å². The number of carbonyl (C=O) groups is 1. The maximum atomic E-state index is 13.0. The third-order valence-electron chi connectivity index (χ3n) is 6.53. The first kappa shape index (κ1) is 21.1. The number of benzene rings is 3. The molecule has 0 unspecified atom stereocenters. The molecule has 5 heteroatoms. The second-order valence-corrected chi connectivity index (χ2v) is 8.44. The van der Waals surface area contributed by atoms with E-state index in [4.69, 9.17) is 9.47 Å². The van der Waals surface area contributed by atoms with Crippen LogP contribution in [0.25, 0.3) is 6.08 Å². The lowest BCUT2D eigenvalue weighted by Crippen LogP contribution is -2.46. The zero-order chi connectivity index (χ0) is 22.8. The minimum Gasteiger partial charge on any atom is -0.493 e. The number of rotatable bonds is 5. The first-order valence-corrected chi connectivity index (χ1v) is 11.3. The van der Waals surface area contributed by atoms with E-state index < -0.39 is 0 Å². The van der Waals surface area contributed by atoms with Crippen molar-refractivity contribution in [3.8, 4) is 11.5 Å². The Morgan fingerprint density at radius 2 is 1.33 bits per heavy atom. The van der Waals surface area contributed by atoms with E-state index >= 15 is 0 Å². The highest BCUT2D eigenvalue weighted by molar-refractivity contribution is 6.16. The lowest BCUT2D eigenvalue weighted by molar-refractivity contribution is 0.104. The molecule has 0 amide bonds. The van der Waals surface area contributed by atoms with Gasteiger partial charge in [0.1, 0.15) is 0 Å². The summed E-state index contributed by atoms with van der Waals surface area (Å²) in [5.74, 6) is 1.30. The van der Waals surface area contributed by atoms with Gasteiger partial charge in [-0.2, -0.15) is 0 Å². The smallest absolute Gasteiger partial charge is 0.189 e. The Morgan fingerprint density at radius 1 is 0.758 bits per heavy atom. The molecule has 3 aromatic rings. The molecule has 0 bridgehead atoms. The van der Waals surface area contributed by atoms with Gasteiger partial charge in [0.25, 0.3) is 0 Å². The molecule has 0 aromatic heterocycles. The Hall–Kier alpha value is -3.73. The Morgan fingerprint density at radius 3 is 1.94 bits per heavy atom. The number of nitrogens with zero attached hydrogens (tertiary/aromatic N) is 2. The monoisotopic (exact) mass is 440 g/mol. The van der Waals surface area contributed by atoms with Gasteiger partial charge in [0.2, 0.25) is 0 Å². The fraction of sp³-hybridized carbons (Fsp3) is 0.250. The van der Waals surface area contributed by atoms with Crippen molar-refractivity contribution in [1.82, 2.24) is 0 Å². The van der Waals surface area contributed by atoms with E-state index in [1.807, 2.05) is 12.1 Å². The van der Waals surface area contributed by atoms with Crippen molar-refractivity contribution < 1.29 is 14.3 Å². The van der Waals surface area contributed by atoms with Crippen molar-refractivity contribution in [2.45, 2.75) is 6.42 Å². The lowest BCUT2D eigenvalue weighted by Gasteiger charge is -2.37. The summed E-state index contributed by atoms with van der Waals surface area (Å²) in [6, 6.07) is 22.8. The van der Waals surface area contributed by atoms with Crippen molar-refractivity contribution >= 4 is 23.2 Å². The van der Waals surface area contributed by atoms with Gasteiger partial charge in [-0.05, 0) is 53.6 Å². The van der Waals surface area contributed by atoms with Crippen LogP contribution in [-0.4, -0.2) is 46.2 Å². The van der Waals surface area contributed by atoms with Crippen LogP contribution in [0.2, 0.25) is 0 Å². The van der Waals surface area contributed by atoms with Crippen LogP contribution in [0.5, 0.6) is 11.5 Å². The van der Waals surface area contributed by atoms with Crippen LogP contribution >= 0.6 is 0 Å². The number of methoxy groups -OCH3 is 2. The second kappa shape index (κ2) is 9.02. The highest BCUT2D eigenvalue weighted by atomic mass is 16.5. The number of piperazine rings is 1. The molecule has 33 heavy (non-hydrogen) atoms. The summed E-state index contributed by atoms with van der Waals surface area (Å²) in [7, 11) is 3.20. The topological polar surface area (TPSA) is 42.0 Å². The first-order valence-electron chi connectivity index (χ1n) is 11.3. The first-order chi connectivity index (χ1) is 16.2. The van der Waals surface area contributed by atoms with Crippen molar-refractivity contribution in [3.63, 3.8) is 0 Å². The second-order valence-electron chi connectivity index (χ2n) is 8.44. The molecule has 0 atom stereocenters. The van der Waals surface area contributed by atoms with Gasteiger partial charge in [-0.25, -0.2) is 0 Å². The van der Waals surface area contributed by atoms with Gasteiger partial charge in [-0.1, -0.05) is 30.3 Å². The van der Waals surface area contributed by atoms with Crippen molar-refractivity contribution in [2.75, 3.05) is 50.2 Å². The van der Waals surface area contributed by atoms with Gasteiger partial charge in [0.05, 0.1) is 14.2 Å². The summed E-state index contributed by atoms with van der Waals surface area (Å²) in [6.07, 6.45) is 2.61. The quantitative estimate of drug-likeness (QED) is 0.531. The molecule has 3 aromatic carbocycles. The maximum Gasteiger partial charge on any atom is 0.189 e. The van der Waals surface area contributed by atoms with Crippen LogP contribution in [0, 0.1) is 0 Å². The molecule has 1 fully saturated rings. The third kappa shape index (κ3) is 4.19. The summed E-state index contributed by atoms with van der Waals surface area (Å²) in [6.45, 7) is 4.00. The molecule has 5 rings (SSSR count). The number of carbonyl (C=O) groups excluding carboxylic acids is 1. The minimum absolute atomic E-state index is 0.0621. The van der Waals surface area contributed by atoms with E-state index in [0.717, 1.165) is 42.9 Å². The molecule has 0 N–H and O–H groups in total. The average Bonchev–Trinajstić information content (AvgIpc) is 3.18. The fourth-order valence-corrected chi connectivity index (χ4v) is 4.70. The largest absolute Gasteiger partial charge is 0.493 e. The van der Waals surface area contributed by atoms with Crippen LogP contribution in [0.1, 0.15) is 21.5 Å². The molecular weight excluding hydrogens is 412 g/mol. The lowest BCUT2D eigenvalue weighted by atomic mass is 10.1. The van der Waals surface area contributed by atoms with Crippen molar-refractivity contribution in [3.05, 3.63) is 89.0 Å². The summed E-state index contributed by atoms with van der Waals surface area (Å²) in [4.78, 5) is 17.8. The minimum atomic E-state index is 0.0621. The molecule has 1 heterocycles. The van der Waals surface area contributed by atoms with Gasteiger partial charge >= 0.3 is 0 Å². The highest BCUT2D eigenvalue weighted by Crippen LogP contribution is 2.37. The zero-order valence-electron chi connectivity index (χ0n) is 19.1. The SMILES string of the molecule is COc1cc2c(cc1OC)C(=O)/C(=C\c1ccc(N3CCN(c4ccccc4)CC3)cc1)C2. The summed E-state index contributed by atoms with van der Waals surface area (Å²) in [5.41, 5.74) is 6.03. The number of Topliss-reactive ketones (excluding diaryl/α,β-unsaturated/α-hetero) is 1. The molecule has 1 saturated heterocycles. The molecule has 1 aliphatic carbocycles. The molecule has 168 valence electrons. The number of allylic oxidation sites excluding steroid dienone is 1. The Bertz CT molecular complexity index is 1180. The molecular formula is C28H28N2O3. The van der Waals surface area contributed by atoms with Crippen LogP contribution in [0.15, 0.2) is 72.3 Å². The Balaban J connectivity index is 1.27. The van der Waals surface area contributed by atoms with Gasteiger partial charge in [0.15, 0.2) is 17.3 Å². The number of fused-ring (bicyclic) bond motifs is 1. The van der Waals surface area contributed by atoms with E-state index in [0.29, 0.717) is 23.5 Å². The van der Waals surface area contributed by atoms with E-state index in [2.05, 4.69) is 64.4 Å². The molecule has 2 aliphatic rings. The molecule has 5 nitrogen and oxygen atoms in total. The predicted molar refractivity (Wildman–Crippen MR) is 133 cm³/mol. The maximum absolute atomic E-state index is 13.0. The van der Waals surface area contributed by atoms with Crippen molar-refractivity contribution in [1.29, 1.82) is 0 Å². The number of para-hydroxylation sites is 1. The summed E-state index contributed by atoms with van der Waals surface area (Å²) >= 11 is 0. The Kier molecular flexibility index (Phi) is 5.78. The number of ether oxygens (including phenoxy) is 2. The number of anilines is 2. The predicted octanol–water partition coefficient (Wildman–Crippen LogP) is 4.85. The molecule has 0 spiro atoms. The molecule has 0 radical (unpaired) electrons. The Labute approximate surface area is 194 Å². The average molecular weight is 441 g/mol. The van der Waals surface area contributed by atoms with E-state index in [-0.39, 0.29) is 5.78 Å². The van der Waals surface area contributed by atoms with Crippen LogP contribution in [0.3, 0.4) is 0 Å². The number of ketones is 1. The van der Waals surface area contributed by atoms with Crippen LogP contribution in [0.4, 0.5) is 11.4 Å². The van der Waals surface area contributed by atoms with E-state index in [1.165, 1.54) is 11.4 Å². The van der Waals surface area contributed by atoms with Gasteiger partial charge in [0, 0.05) is 55.1 Å². The third-order valence-corrected chi connectivity index (χ3v) is 6.53. The van der Waals surface area contributed by atoms with Crippen LogP contribution in [-0.2, 0) is 6.42 Å². The van der Waals surface area contributed by atoms with Crippen LogP contribution < -0.4 is 19.3 Å². The zero-order valence-corrected chi connectivity index (χ0v) is 19.1.